The van der Waals surface area contributed by atoms with Gasteiger partial charge < -0.3 is 10.0 Å². The van der Waals surface area contributed by atoms with E-state index in [9.17, 15) is 4.79 Å². The van der Waals surface area contributed by atoms with Gasteiger partial charge in [0.05, 0.1) is 0 Å². The van der Waals surface area contributed by atoms with Crippen LogP contribution < -0.4 is 0 Å². The van der Waals surface area contributed by atoms with Crippen LogP contribution in [0, 0.1) is 0 Å². The maximum absolute atomic E-state index is 11.9. The topological polar surface area (TPSA) is 40.5 Å². The van der Waals surface area contributed by atoms with E-state index < -0.39 is 0 Å². The van der Waals surface area contributed by atoms with Crippen LogP contribution in [0.3, 0.4) is 0 Å². The molecule has 0 bridgehead atoms. The summed E-state index contributed by atoms with van der Waals surface area (Å²) in [6.07, 6.45) is 19.8. The fourth-order valence-electron chi connectivity index (χ4n) is 3.46. The molecule has 1 saturated heterocycles. The van der Waals surface area contributed by atoms with E-state index in [0.717, 1.165) is 32.4 Å². The second-order valence-corrected chi connectivity index (χ2v) is 7.16. The van der Waals surface area contributed by atoms with Gasteiger partial charge in [-0.2, -0.15) is 0 Å². The van der Waals surface area contributed by atoms with Crippen LogP contribution in [-0.2, 0) is 4.79 Å². The van der Waals surface area contributed by atoms with E-state index in [2.05, 4.69) is 0 Å². The molecule has 23 heavy (non-hydrogen) atoms. The fraction of sp³-hybridized carbons (Fsp3) is 0.950. The van der Waals surface area contributed by atoms with Crippen LogP contribution >= 0.6 is 0 Å². The predicted molar refractivity (Wildman–Crippen MR) is 97.5 cm³/mol. The molecule has 0 aliphatic carbocycles. The molecule has 1 aliphatic heterocycles. The van der Waals surface area contributed by atoms with E-state index in [1.807, 2.05) is 4.90 Å². The molecule has 0 radical (unpaired) electrons. The van der Waals surface area contributed by atoms with Crippen molar-refractivity contribution >= 4 is 5.91 Å². The van der Waals surface area contributed by atoms with Gasteiger partial charge in [0.2, 0.25) is 5.91 Å². The third-order valence-corrected chi connectivity index (χ3v) is 5.01. The SMILES string of the molecule is O=C(CCCCCCCCCCCCCCCO)N1CCCC1. The number of unbranched alkanes of at least 4 members (excludes halogenated alkanes) is 12. The summed E-state index contributed by atoms with van der Waals surface area (Å²) in [4.78, 5) is 13.9. The van der Waals surface area contributed by atoms with Crippen LogP contribution in [0.1, 0.15) is 103 Å². The van der Waals surface area contributed by atoms with Crippen LogP contribution in [0.4, 0.5) is 0 Å². The summed E-state index contributed by atoms with van der Waals surface area (Å²) in [5.41, 5.74) is 0. The number of likely N-dealkylation sites (tertiary alicyclic amines) is 1. The Kier molecular flexibility index (Phi) is 13.3. The highest BCUT2D eigenvalue weighted by atomic mass is 16.2. The summed E-state index contributed by atoms with van der Waals surface area (Å²) in [6.45, 7) is 2.35. The molecule has 0 aromatic heterocycles. The summed E-state index contributed by atoms with van der Waals surface area (Å²) in [5, 5.41) is 8.70. The van der Waals surface area contributed by atoms with E-state index >= 15 is 0 Å². The maximum Gasteiger partial charge on any atom is 0.222 e. The van der Waals surface area contributed by atoms with Gasteiger partial charge in [-0.15, -0.1) is 0 Å². The molecule has 1 amide bonds. The molecular formula is C20H39NO2. The largest absolute Gasteiger partial charge is 0.396 e. The van der Waals surface area contributed by atoms with Gasteiger partial charge in [-0.3, -0.25) is 4.79 Å². The molecule has 136 valence electrons. The van der Waals surface area contributed by atoms with Gasteiger partial charge in [-0.25, -0.2) is 0 Å². The zero-order valence-corrected chi connectivity index (χ0v) is 15.2. The minimum absolute atomic E-state index is 0.354. The molecule has 0 spiro atoms. The van der Waals surface area contributed by atoms with Crippen molar-refractivity contribution in [1.82, 2.24) is 4.90 Å². The number of aliphatic hydroxyl groups excluding tert-OH is 1. The minimum Gasteiger partial charge on any atom is -0.396 e. The first-order valence-electron chi connectivity index (χ1n) is 10.2. The first-order chi connectivity index (χ1) is 11.3. The lowest BCUT2D eigenvalue weighted by atomic mass is 10.0. The molecule has 1 N–H and O–H groups in total. The fourth-order valence-corrected chi connectivity index (χ4v) is 3.46. The third-order valence-electron chi connectivity index (χ3n) is 5.01. The predicted octanol–water partition coefficient (Wildman–Crippen LogP) is 5.06. The number of hydrogen-bond acceptors (Lipinski definition) is 2. The Morgan fingerprint density at radius 3 is 1.48 bits per heavy atom. The Bertz CT molecular complexity index is 275. The number of amides is 1. The summed E-state index contributed by atoms with van der Waals surface area (Å²) < 4.78 is 0. The number of hydrogen-bond donors (Lipinski definition) is 1. The molecule has 0 aromatic rings. The van der Waals surface area contributed by atoms with E-state index in [-0.39, 0.29) is 0 Å². The Morgan fingerprint density at radius 1 is 0.652 bits per heavy atom. The normalized spacial score (nSPS) is 14.6. The van der Waals surface area contributed by atoms with Crippen molar-refractivity contribution in [2.45, 2.75) is 103 Å². The minimum atomic E-state index is 0.354. The molecule has 1 rings (SSSR count). The van der Waals surface area contributed by atoms with Gasteiger partial charge in [-0.05, 0) is 25.7 Å². The maximum atomic E-state index is 11.9. The van der Waals surface area contributed by atoms with Crippen molar-refractivity contribution in [3.8, 4) is 0 Å². The van der Waals surface area contributed by atoms with Crippen molar-refractivity contribution in [3.05, 3.63) is 0 Å². The van der Waals surface area contributed by atoms with Crippen molar-refractivity contribution < 1.29 is 9.90 Å². The van der Waals surface area contributed by atoms with E-state index in [1.165, 1.54) is 83.5 Å². The monoisotopic (exact) mass is 325 g/mol. The van der Waals surface area contributed by atoms with Crippen molar-refractivity contribution in [2.75, 3.05) is 19.7 Å². The second-order valence-electron chi connectivity index (χ2n) is 7.16. The Balaban J connectivity index is 1.72. The highest BCUT2D eigenvalue weighted by Crippen LogP contribution is 2.14. The van der Waals surface area contributed by atoms with Crippen LogP contribution in [0.2, 0.25) is 0 Å². The number of carbonyl (C=O) groups is 1. The highest BCUT2D eigenvalue weighted by Gasteiger charge is 2.16. The molecular weight excluding hydrogens is 286 g/mol. The lowest BCUT2D eigenvalue weighted by Gasteiger charge is -2.14. The smallest absolute Gasteiger partial charge is 0.222 e. The van der Waals surface area contributed by atoms with Crippen LogP contribution in [0.5, 0.6) is 0 Å². The van der Waals surface area contributed by atoms with Crippen molar-refractivity contribution in [2.24, 2.45) is 0 Å². The van der Waals surface area contributed by atoms with E-state index in [0.29, 0.717) is 12.5 Å². The summed E-state index contributed by atoms with van der Waals surface area (Å²) >= 11 is 0. The van der Waals surface area contributed by atoms with Gasteiger partial charge in [0.25, 0.3) is 0 Å². The van der Waals surface area contributed by atoms with Crippen LogP contribution in [0.15, 0.2) is 0 Å². The molecule has 0 aromatic carbocycles. The number of aliphatic hydroxyl groups is 1. The lowest BCUT2D eigenvalue weighted by Crippen LogP contribution is -2.27. The Morgan fingerprint density at radius 2 is 1.04 bits per heavy atom. The quantitative estimate of drug-likeness (QED) is 0.427. The zero-order valence-electron chi connectivity index (χ0n) is 15.2. The average molecular weight is 326 g/mol. The summed E-state index contributed by atoms with van der Waals surface area (Å²) in [5.74, 6) is 0.390. The molecule has 0 atom stereocenters. The van der Waals surface area contributed by atoms with Crippen LogP contribution in [0.25, 0.3) is 0 Å². The van der Waals surface area contributed by atoms with Crippen molar-refractivity contribution in [1.29, 1.82) is 0 Å². The number of carbonyl (C=O) groups excluding carboxylic acids is 1. The summed E-state index contributed by atoms with van der Waals surface area (Å²) in [6, 6.07) is 0. The zero-order chi connectivity index (χ0) is 16.6. The summed E-state index contributed by atoms with van der Waals surface area (Å²) in [7, 11) is 0. The Hall–Kier alpha value is -0.570. The van der Waals surface area contributed by atoms with Gasteiger partial charge in [0.1, 0.15) is 0 Å². The van der Waals surface area contributed by atoms with Gasteiger partial charge in [-0.1, -0.05) is 70.6 Å². The molecule has 1 heterocycles. The van der Waals surface area contributed by atoms with Gasteiger partial charge in [0.15, 0.2) is 0 Å². The molecule has 0 unspecified atom stereocenters. The van der Waals surface area contributed by atoms with Crippen molar-refractivity contribution in [3.63, 3.8) is 0 Å². The first kappa shape index (κ1) is 20.5. The molecule has 0 saturated carbocycles. The molecule has 3 nitrogen and oxygen atoms in total. The van der Waals surface area contributed by atoms with E-state index in [1.54, 1.807) is 0 Å². The third kappa shape index (κ3) is 11.6. The lowest BCUT2D eigenvalue weighted by molar-refractivity contribution is -0.130. The first-order valence-corrected chi connectivity index (χ1v) is 10.2. The molecule has 1 fully saturated rings. The number of nitrogens with zero attached hydrogens (tertiary/aromatic N) is 1. The highest BCUT2D eigenvalue weighted by molar-refractivity contribution is 5.76. The molecule has 3 heteroatoms. The van der Waals surface area contributed by atoms with Gasteiger partial charge in [0, 0.05) is 26.1 Å². The molecule has 1 aliphatic rings. The van der Waals surface area contributed by atoms with Gasteiger partial charge >= 0.3 is 0 Å². The second kappa shape index (κ2) is 15.0. The standard InChI is InChI=1S/C20H39NO2/c22-19-15-11-9-7-5-3-1-2-4-6-8-10-12-16-20(23)21-17-13-14-18-21/h22H,1-19H2. The van der Waals surface area contributed by atoms with E-state index in [4.69, 9.17) is 5.11 Å². The average Bonchev–Trinajstić information content (AvgIpc) is 3.09. The Labute approximate surface area is 143 Å². The van der Waals surface area contributed by atoms with Crippen LogP contribution in [-0.4, -0.2) is 35.6 Å². The number of rotatable bonds is 15.